The fourth-order valence-electron chi connectivity index (χ4n) is 1.61. The maximum Gasteiger partial charge on any atom is 0.407 e. The molecule has 16 heavy (non-hydrogen) atoms. The van der Waals surface area contributed by atoms with Crippen molar-refractivity contribution in [3.63, 3.8) is 0 Å². The van der Waals surface area contributed by atoms with E-state index >= 15 is 0 Å². The largest absolute Gasteiger partial charge is 0.465 e. The highest BCUT2D eigenvalue weighted by Gasteiger charge is 2.41. The van der Waals surface area contributed by atoms with E-state index in [0.717, 1.165) is 5.56 Å². The molecule has 1 heterocycles. The van der Waals surface area contributed by atoms with Crippen LogP contribution in [0.15, 0.2) is 30.3 Å². The predicted molar refractivity (Wildman–Crippen MR) is 59.2 cm³/mol. The van der Waals surface area contributed by atoms with Crippen molar-refractivity contribution >= 4 is 6.09 Å². The van der Waals surface area contributed by atoms with Gasteiger partial charge in [0.1, 0.15) is 5.60 Å². The molecule has 1 N–H and O–H groups in total. The Morgan fingerprint density at radius 1 is 1.50 bits per heavy atom. The lowest BCUT2D eigenvalue weighted by molar-refractivity contribution is 0.127. The lowest BCUT2D eigenvalue weighted by Crippen LogP contribution is -2.36. The van der Waals surface area contributed by atoms with Crippen molar-refractivity contribution in [2.75, 3.05) is 13.2 Å². The maximum atomic E-state index is 11.1. The number of amides is 1. The van der Waals surface area contributed by atoms with E-state index in [0.29, 0.717) is 19.7 Å². The molecule has 1 saturated heterocycles. The summed E-state index contributed by atoms with van der Waals surface area (Å²) in [6.07, 6.45) is -0.902. The minimum atomic E-state index is -0.902. The number of carbonyl (C=O) groups is 1. The van der Waals surface area contributed by atoms with Crippen molar-refractivity contribution in [3.05, 3.63) is 35.9 Å². The Balaban J connectivity index is 2.00. The third-order valence-corrected chi connectivity index (χ3v) is 2.65. The Bertz CT molecular complexity index is 373. The van der Waals surface area contributed by atoms with E-state index in [-0.39, 0.29) is 5.60 Å². The van der Waals surface area contributed by atoms with Crippen LogP contribution in [-0.2, 0) is 11.3 Å². The van der Waals surface area contributed by atoms with Gasteiger partial charge in [-0.15, -0.1) is 0 Å². The minimum Gasteiger partial charge on any atom is -0.465 e. The topological polar surface area (TPSA) is 53.1 Å². The summed E-state index contributed by atoms with van der Waals surface area (Å²) in [5.74, 6) is 0. The van der Waals surface area contributed by atoms with Crippen LogP contribution in [0.1, 0.15) is 12.5 Å². The summed E-state index contributed by atoms with van der Waals surface area (Å²) in [5, 5.41) is 9.10. The Morgan fingerprint density at radius 2 is 2.12 bits per heavy atom. The Labute approximate surface area is 94.4 Å². The van der Waals surface area contributed by atoms with E-state index < -0.39 is 6.09 Å². The molecule has 1 atom stereocenters. The predicted octanol–water partition coefficient (Wildman–Crippen LogP) is 1.96. The molecule has 1 aliphatic rings. The van der Waals surface area contributed by atoms with Gasteiger partial charge in [-0.05, 0) is 12.5 Å². The third kappa shape index (κ3) is 2.73. The van der Waals surface area contributed by atoms with Gasteiger partial charge in [0.15, 0.2) is 0 Å². The monoisotopic (exact) mass is 221 g/mol. The summed E-state index contributed by atoms with van der Waals surface area (Å²) in [6, 6.07) is 9.58. The van der Waals surface area contributed by atoms with Gasteiger partial charge in [0.05, 0.1) is 13.2 Å². The second kappa shape index (κ2) is 4.14. The Morgan fingerprint density at radius 3 is 2.62 bits per heavy atom. The molecular formula is C12H15NO3. The number of epoxide rings is 1. The summed E-state index contributed by atoms with van der Waals surface area (Å²) >= 11 is 0. The van der Waals surface area contributed by atoms with E-state index in [1.165, 1.54) is 4.90 Å². The third-order valence-electron chi connectivity index (χ3n) is 2.65. The normalized spacial score (nSPS) is 22.8. The summed E-state index contributed by atoms with van der Waals surface area (Å²) in [5.41, 5.74) is 0.724. The van der Waals surface area contributed by atoms with Crippen molar-refractivity contribution in [1.82, 2.24) is 4.90 Å². The van der Waals surface area contributed by atoms with Gasteiger partial charge in [-0.3, -0.25) is 0 Å². The average molecular weight is 221 g/mol. The quantitative estimate of drug-likeness (QED) is 0.791. The molecule has 0 bridgehead atoms. The van der Waals surface area contributed by atoms with E-state index in [2.05, 4.69) is 0 Å². The van der Waals surface area contributed by atoms with E-state index in [1.807, 2.05) is 37.3 Å². The zero-order valence-corrected chi connectivity index (χ0v) is 9.22. The fraction of sp³-hybridized carbons (Fsp3) is 0.417. The van der Waals surface area contributed by atoms with Gasteiger partial charge in [0, 0.05) is 6.54 Å². The summed E-state index contributed by atoms with van der Waals surface area (Å²) in [6.45, 7) is 3.41. The molecule has 0 saturated carbocycles. The van der Waals surface area contributed by atoms with Gasteiger partial charge >= 0.3 is 6.09 Å². The Hall–Kier alpha value is -1.55. The molecule has 2 rings (SSSR count). The molecule has 4 nitrogen and oxygen atoms in total. The molecule has 1 fully saturated rings. The first-order valence-electron chi connectivity index (χ1n) is 5.25. The number of rotatable bonds is 4. The van der Waals surface area contributed by atoms with Crippen molar-refractivity contribution in [1.29, 1.82) is 0 Å². The number of benzene rings is 1. The van der Waals surface area contributed by atoms with Crippen LogP contribution in [-0.4, -0.2) is 34.9 Å². The van der Waals surface area contributed by atoms with Crippen LogP contribution in [0.5, 0.6) is 0 Å². The highest BCUT2D eigenvalue weighted by molar-refractivity contribution is 5.65. The number of carboxylic acid groups (broad SMARTS) is 1. The lowest BCUT2D eigenvalue weighted by atomic mass is 10.1. The van der Waals surface area contributed by atoms with Crippen LogP contribution >= 0.6 is 0 Å². The molecule has 1 aromatic rings. The zero-order chi connectivity index (χ0) is 11.6. The van der Waals surface area contributed by atoms with Gasteiger partial charge < -0.3 is 14.7 Å². The van der Waals surface area contributed by atoms with Crippen molar-refractivity contribution in [2.24, 2.45) is 0 Å². The average Bonchev–Trinajstić information content (AvgIpc) is 2.97. The summed E-state index contributed by atoms with van der Waals surface area (Å²) in [7, 11) is 0. The van der Waals surface area contributed by atoms with E-state index in [1.54, 1.807) is 0 Å². The van der Waals surface area contributed by atoms with E-state index in [9.17, 15) is 4.79 Å². The molecule has 0 spiro atoms. The smallest absolute Gasteiger partial charge is 0.407 e. The van der Waals surface area contributed by atoms with Crippen LogP contribution in [0.4, 0.5) is 4.79 Å². The van der Waals surface area contributed by atoms with Crippen LogP contribution in [0.25, 0.3) is 0 Å². The summed E-state index contributed by atoms with van der Waals surface area (Å²) in [4.78, 5) is 12.5. The molecule has 1 aromatic carbocycles. The first-order chi connectivity index (χ1) is 7.59. The van der Waals surface area contributed by atoms with Crippen molar-refractivity contribution in [3.8, 4) is 0 Å². The van der Waals surface area contributed by atoms with Gasteiger partial charge in [0.2, 0.25) is 0 Å². The molecule has 0 aromatic heterocycles. The van der Waals surface area contributed by atoms with Gasteiger partial charge in [-0.25, -0.2) is 4.79 Å². The van der Waals surface area contributed by atoms with Crippen molar-refractivity contribution in [2.45, 2.75) is 19.1 Å². The van der Waals surface area contributed by atoms with Crippen LogP contribution in [0.2, 0.25) is 0 Å². The fourth-order valence-corrected chi connectivity index (χ4v) is 1.61. The highest BCUT2D eigenvalue weighted by atomic mass is 16.6. The molecule has 1 unspecified atom stereocenters. The van der Waals surface area contributed by atoms with Gasteiger partial charge in [0.25, 0.3) is 0 Å². The second-order valence-electron chi connectivity index (χ2n) is 4.36. The minimum absolute atomic E-state index is 0.271. The van der Waals surface area contributed by atoms with Crippen LogP contribution in [0, 0.1) is 0 Å². The molecule has 4 heteroatoms. The zero-order valence-electron chi connectivity index (χ0n) is 9.22. The summed E-state index contributed by atoms with van der Waals surface area (Å²) < 4.78 is 5.21. The molecule has 1 amide bonds. The number of hydrogen-bond donors (Lipinski definition) is 1. The van der Waals surface area contributed by atoms with Crippen molar-refractivity contribution < 1.29 is 14.6 Å². The highest BCUT2D eigenvalue weighted by Crippen LogP contribution is 2.27. The number of hydrogen-bond acceptors (Lipinski definition) is 2. The molecule has 1 aliphatic heterocycles. The molecule has 86 valence electrons. The first-order valence-corrected chi connectivity index (χ1v) is 5.25. The van der Waals surface area contributed by atoms with E-state index in [4.69, 9.17) is 9.84 Å². The van der Waals surface area contributed by atoms with Gasteiger partial charge in [-0.2, -0.15) is 0 Å². The number of ether oxygens (including phenoxy) is 1. The SMILES string of the molecule is CC1(CN(Cc2ccccc2)C(=O)O)CO1. The van der Waals surface area contributed by atoms with Crippen LogP contribution < -0.4 is 0 Å². The Kier molecular flexibility index (Phi) is 2.83. The molecular weight excluding hydrogens is 206 g/mol. The number of nitrogens with zero attached hydrogens (tertiary/aromatic N) is 1. The van der Waals surface area contributed by atoms with Crippen LogP contribution in [0.3, 0.4) is 0 Å². The van der Waals surface area contributed by atoms with Gasteiger partial charge in [-0.1, -0.05) is 30.3 Å². The molecule has 0 aliphatic carbocycles. The lowest BCUT2D eigenvalue weighted by Gasteiger charge is -2.21. The maximum absolute atomic E-state index is 11.1. The standard InChI is InChI=1S/C12H15NO3/c1-12(9-16-12)8-13(11(14)15)7-10-5-3-2-4-6-10/h2-6H,7-9H2,1H3,(H,14,15). The second-order valence-corrected chi connectivity index (χ2v) is 4.36. The first kappa shape index (κ1) is 11.0. The molecule has 0 radical (unpaired) electrons.